The zero-order valence-electron chi connectivity index (χ0n) is 15.5. The van der Waals surface area contributed by atoms with E-state index in [0.717, 1.165) is 25.8 Å². The molecular formula is C19H22Br2ClNO4. The molecular weight excluding hydrogens is 501 g/mol. The van der Waals surface area contributed by atoms with Crippen LogP contribution in [0.5, 0.6) is 0 Å². The molecule has 0 amide bonds. The van der Waals surface area contributed by atoms with Gasteiger partial charge in [-0.1, -0.05) is 50.1 Å². The van der Waals surface area contributed by atoms with Crippen LogP contribution >= 0.6 is 43.5 Å². The number of rotatable bonds is 2. The van der Waals surface area contributed by atoms with Crippen molar-refractivity contribution in [3.63, 3.8) is 0 Å². The first-order valence-electron chi connectivity index (χ1n) is 7.67. The number of carbonyl (C=O) groups excluding carboxylic acids is 2. The second kappa shape index (κ2) is 13.6. The summed E-state index contributed by atoms with van der Waals surface area (Å²) in [4.78, 5) is 20.3. The topological polar surface area (TPSA) is 78.6 Å². The number of nitrogen functional groups attached to an aromatic ring is 1. The smallest absolute Gasteiger partial charge is 0.403 e. The monoisotopic (exact) mass is 521 g/mol. The lowest BCUT2D eigenvalue weighted by atomic mass is 10.1. The Balaban J connectivity index is 0.000000419. The van der Waals surface area contributed by atoms with E-state index >= 15 is 0 Å². The standard InChI is InChI=1S/C10H11BrO2.C7H8BrN.C2H3ClO2/c1-7-3-4-8(5-9(7)11)6-10(12)13-2;1-5-2-3-6(9)4-7(5)8;1-5-2(3)4/h3-5H,6H2,1-2H3;2-4H,9H2,1H3;1H3. The third-order valence-electron chi connectivity index (χ3n) is 3.17. The van der Waals surface area contributed by atoms with Gasteiger partial charge in [0.2, 0.25) is 0 Å². The number of methoxy groups -OCH3 is 2. The van der Waals surface area contributed by atoms with Gasteiger partial charge in [-0.2, -0.15) is 0 Å². The summed E-state index contributed by atoms with van der Waals surface area (Å²) in [6.45, 7) is 4.04. The summed E-state index contributed by atoms with van der Waals surface area (Å²) in [7, 11) is 2.61. The summed E-state index contributed by atoms with van der Waals surface area (Å²) in [6, 6.07) is 11.6. The number of carbonyl (C=O) groups is 2. The molecule has 0 atom stereocenters. The Morgan fingerprint density at radius 3 is 1.81 bits per heavy atom. The largest absolute Gasteiger partial charge is 0.469 e. The molecule has 0 heterocycles. The predicted molar refractivity (Wildman–Crippen MR) is 116 cm³/mol. The summed E-state index contributed by atoms with van der Waals surface area (Å²) < 4.78 is 10.5. The number of benzene rings is 2. The maximum absolute atomic E-state index is 10.9. The van der Waals surface area contributed by atoms with Gasteiger partial charge in [0.1, 0.15) is 0 Å². The first kappa shape index (κ1) is 25.4. The summed E-state index contributed by atoms with van der Waals surface area (Å²) in [5, 5.41) is 0. The molecule has 0 fully saturated rings. The molecule has 27 heavy (non-hydrogen) atoms. The molecule has 0 aliphatic rings. The van der Waals surface area contributed by atoms with Gasteiger partial charge in [0.05, 0.1) is 20.6 Å². The Labute approximate surface area is 181 Å². The van der Waals surface area contributed by atoms with Gasteiger partial charge in [-0.25, -0.2) is 4.79 Å². The van der Waals surface area contributed by atoms with Crippen LogP contribution < -0.4 is 5.73 Å². The normalized spacial score (nSPS) is 9.15. The third kappa shape index (κ3) is 11.7. The minimum absolute atomic E-state index is 0.212. The van der Waals surface area contributed by atoms with Crippen LogP contribution in [0.15, 0.2) is 45.3 Å². The molecule has 0 spiro atoms. The van der Waals surface area contributed by atoms with Crippen molar-refractivity contribution in [2.45, 2.75) is 20.3 Å². The van der Waals surface area contributed by atoms with Gasteiger partial charge in [0.25, 0.3) is 0 Å². The average Bonchev–Trinajstić information content (AvgIpc) is 2.62. The van der Waals surface area contributed by atoms with Crippen molar-refractivity contribution in [2.75, 3.05) is 20.0 Å². The zero-order valence-corrected chi connectivity index (χ0v) is 19.4. The van der Waals surface area contributed by atoms with Gasteiger partial charge in [-0.3, -0.25) is 4.79 Å². The van der Waals surface area contributed by atoms with E-state index in [2.05, 4.69) is 52.9 Å². The molecule has 0 saturated heterocycles. The molecule has 0 saturated carbocycles. The Morgan fingerprint density at radius 1 is 0.963 bits per heavy atom. The minimum Gasteiger partial charge on any atom is -0.469 e. The average molecular weight is 524 g/mol. The summed E-state index contributed by atoms with van der Waals surface area (Å²) >= 11 is 11.4. The van der Waals surface area contributed by atoms with Gasteiger partial charge in [-0.15, -0.1) is 0 Å². The van der Waals surface area contributed by atoms with E-state index in [4.69, 9.17) is 5.73 Å². The third-order valence-corrected chi connectivity index (χ3v) is 5.03. The molecule has 0 aromatic heterocycles. The molecule has 0 unspecified atom stereocenters. The van der Waals surface area contributed by atoms with E-state index in [1.165, 1.54) is 19.8 Å². The van der Waals surface area contributed by atoms with Crippen molar-refractivity contribution >= 4 is 60.5 Å². The van der Waals surface area contributed by atoms with Crippen LogP contribution in [0.1, 0.15) is 16.7 Å². The second-order valence-corrected chi connectivity index (χ2v) is 7.30. The van der Waals surface area contributed by atoms with E-state index in [9.17, 15) is 9.59 Å². The van der Waals surface area contributed by atoms with Gasteiger partial charge in [0, 0.05) is 26.2 Å². The van der Waals surface area contributed by atoms with E-state index < -0.39 is 5.43 Å². The second-order valence-electron chi connectivity index (χ2n) is 5.29. The maximum atomic E-state index is 10.9. The van der Waals surface area contributed by atoms with Crippen LogP contribution in [0.25, 0.3) is 0 Å². The van der Waals surface area contributed by atoms with Crippen molar-refractivity contribution in [3.05, 3.63) is 62.0 Å². The Kier molecular flexibility index (Phi) is 12.8. The Hall–Kier alpha value is -1.57. The highest BCUT2D eigenvalue weighted by Crippen LogP contribution is 2.18. The van der Waals surface area contributed by atoms with Crippen LogP contribution in [0.4, 0.5) is 10.5 Å². The maximum Gasteiger partial charge on any atom is 0.403 e. The minimum atomic E-state index is -0.773. The van der Waals surface area contributed by atoms with E-state index in [1.54, 1.807) is 0 Å². The lowest BCUT2D eigenvalue weighted by Gasteiger charge is -2.02. The molecule has 0 aliphatic heterocycles. The first-order chi connectivity index (χ1) is 12.6. The molecule has 5 nitrogen and oxygen atoms in total. The number of hydrogen-bond acceptors (Lipinski definition) is 5. The van der Waals surface area contributed by atoms with E-state index in [-0.39, 0.29) is 5.97 Å². The van der Waals surface area contributed by atoms with Crippen molar-refractivity contribution in [2.24, 2.45) is 0 Å². The Morgan fingerprint density at radius 2 is 1.44 bits per heavy atom. The van der Waals surface area contributed by atoms with Crippen molar-refractivity contribution in [1.82, 2.24) is 0 Å². The first-order valence-corrected chi connectivity index (χ1v) is 9.64. The number of halogens is 3. The van der Waals surface area contributed by atoms with E-state index in [0.29, 0.717) is 6.42 Å². The van der Waals surface area contributed by atoms with Crippen molar-refractivity contribution in [3.8, 4) is 0 Å². The molecule has 0 bridgehead atoms. The highest BCUT2D eigenvalue weighted by atomic mass is 79.9. The SMILES string of the molecule is COC(=O)Cc1ccc(C)c(Br)c1.COC(=O)Cl.Cc1ccc(N)cc1Br. The lowest BCUT2D eigenvalue weighted by Crippen LogP contribution is -2.04. The fraction of sp³-hybridized carbons (Fsp3) is 0.263. The molecule has 2 aromatic rings. The molecule has 148 valence electrons. The van der Waals surface area contributed by atoms with Crippen molar-refractivity contribution < 1.29 is 19.1 Å². The summed E-state index contributed by atoms with van der Waals surface area (Å²) in [5.41, 5.74) is 8.86. The number of aryl methyl sites for hydroxylation is 2. The van der Waals surface area contributed by atoms with Crippen LogP contribution in [-0.2, 0) is 20.7 Å². The quantitative estimate of drug-likeness (QED) is 0.306. The highest BCUT2D eigenvalue weighted by Gasteiger charge is 2.03. The molecule has 0 aliphatic carbocycles. The summed E-state index contributed by atoms with van der Waals surface area (Å²) in [6.07, 6.45) is 0.329. The molecule has 2 N–H and O–H groups in total. The van der Waals surface area contributed by atoms with E-state index in [1.807, 2.05) is 50.2 Å². The fourth-order valence-electron chi connectivity index (χ4n) is 1.59. The fourth-order valence-corrected chi connectivity index (χ4v) is 2.42. The number of esters is 1. The van der Waals surface area contributed by atoms with Crippen LogP contribution in [0, 0.1) is 13.8 Å². The zero-order chi connectivity index (χ0) is 21.0. The number of anilines is 1. The van der Waals surface area contributed by atoms with Crippen molar-refractivity contribution in [1.29, 1.82) is 0 Å². The van der Waals surface area contributed by atoms with Gasteiger partial charge in [0.15, 0.2) is 0 Å². The highest BCUT2D eigenvalue weighted by molar-refractivity contribution is 9.10. The number of ether oxygens (including phenoxy) is 2. The van der Waals surface area contributed by atoms with Gasteiger partial charge >= 0.3 is 11.4 Å². The van der Waals surface area contributed by atoms with Crippen LogP contribution in [0.2, 0.25) is 0 Å². The molecule has 2 aromatic carbocycles. The lowest BCUT2D eigenvalue weighted by molar-refractivity contribution is -0.139. The summed E-state index contributed by atoms with van der Waals surface area (Å²) in [5.74, 6) is -0.212. The van der Waals surface area contributed by atoms with Crippen LogP contribution in [0.3, 0.4) is 0 Å². The number of hydrogen-bond donors (Lipinski definition) is 1. The number of nitrogens with two attached hydrogens (primary N) is 1. The van der Waals surface area contributed by atoms with Gasteiger partial charge < -0.3 is 15.2 Å². The Bertz CT molecular complexity index is 769. The molecule has 0 radical (unpaired) electrons. The molecule has 2 rings (SSSR count). The molecule has 8 heteroatoms. The van der Waals surface area contributed by atoms with Gasteiger partial charge in [-0.05, 0) is 48.7 Å². The van der Waals surface area contributed by atoms with Crippen LogP contribution in [-0.4, -0.2) is 25.6 Å². The predicted octanol–water partition coefficient (Wildman–Crippen LogP) is 5.80.